The minimum atomic E-state index is -0.863. The molecule has 2 rings (SSSR count). The Labute approximate surface area is 155 Å². The van der Waals surface area contributed by atoms with Gasteiger partial charge in [0.15, 0.2) is 5.75 Å². The van der Waals surface area contributed by atoms with E-state index in [1.54, 1.807) is 24.3 Å². The number of aliphatic carboxylic acids is 1. The number of amides is 1. The molecular formula is C19H20N2O6. The van der Waals surface area contributed by atoms with Gasteiger partial charge in [-0.3, -0.25) is 19.7 Å². The van der Waals surface area contributed by atoms with E-state index in [9.17, 15) is 19.7 Å². The van der Waals surface area contributed by atoms with Gasteiger partial charge in [-0.1, -0.05) is 25.1 Å². The number of nitro groups is 1. The zero-order chi connectivity index (χ0) is 20.0. The van der Waals surface area contributed by atoms with Crippen molar-refractivity contribution in [2.75, 3.05) is 12.4 Å². The number of carboxylic acids is 1. The van der Waals surface area contributed by atoms with Crippen LogP contribution in [0.2, 0.25) is 0 Å². The standard InChI is InChI=1S/C19H20N2O6/c1-12(9-19(23)24)14-4-6-15(7-5-14)20-18(22)11-13-3-8-16(21(25)26)17(10-13)27-2/h3-8,10,12H,9,11H2,1-2H3,(H,20,22)(H,23,24). The number of methoxy groups -OCH3 is 1. The average molecular weight is 372 g/mol. The summed E-state index contributed by atoms with van der Waals surface area (Å²) >= 11 is 0. The fourth-order valence-electron chi connectivity index (χ4n) is 2.65. The Morgan fingerprint density at radius 1 is 1.22 bits per heavy atom. The summed E-state index contributed by atoms with van der Waals surface area (Å²) in [5.41, 5.74) is 1.88. The monoisotopic (exact) mass is 372 g/mol. The highest BCUT2D eigenvalue weighted by atomic mass is 16.6. The number of hydrogen-bond acceptors (Lipinski definition) is 5. The molecule has 1 amide bonds. The number of benzene rings is 2. The summed E-state index contributed by atoms with van der Waals surface area (Å²) in [6.07, 6.45) is 0.0687. The summed E-state index contributed by atoms with van der Waals surface area (Å²) in [4.78, 5) is 33.3. The molecule has 8 heteroatoms. The number of carboxylic acid groups (broad SMARTS) is 1. The molecule has 0 fully saturated rings. The molecule has 8 nitrogen and oxygen atoms in total. The van der Waals surface area contributed by atoms with Gasteiger partial charge in [-0.2, -0.15) is 0 Å². The number of rotatable bonds is 8. The summed E-state index contributed by atoms with van der Waals surface area (Å²) in [5, 5.41) is 22.5. The second-order valence-corrected chi connectivity index (χ2v) is 6.11. The van der Waals surface area contributed by atoms with Gasteiger partial charge in [-0.25, -0.2) is 0 Å². The van der Waals surface area contributed by atoms with E-state index < -0.39 is 10.9 Å². The molecule has 142 valence electrons. The number of nitrogens with zero attached hydrogens (tertiary/aromatic N) is 1. The van der Waals surface area contributed by atoms with Gasteiger partial charge in [0.2, 0.25) is 5.91 Å². The summed E-state index contributed by atoms with van der Waals surface area (Å²) in [6, 6.07) is 11.3. The first-order chi connectivity index (χ1) is 12.8. The molecule has 2 aromatic carbocycles. The lowest BCUT2D eigenvalue weighted by Gasteiger charge is -2.11. The third kappa shape index (κ3) is 5.53. The van der Waals surface area contributed by atoms with Gasteiger partial charge in [0.05, 0.1) is 24.9 Å². The Bertz CT molecular complexity index is 848. The molecule has 0 aromatic heterocycles. The van der Waals surface area contributed by atoms with Crippen LogP contribution >= 0.6 is 0 Å². The molecule has 1 unspecified atom stereocenters. The zero-order valence-corrected chi connectivity index (χ0v) is 15.0. The van der Waals surface area contributed by atoms with Crippen LogP contribution in [0.25, 0.3) is 0 Å². The molecule has 27 heavy (non-hydrogen) atoms. The summed E-state index contributed by atoms with van der Waals surface area (Å²) in [6.45, 7) is 1.82. The van der Waals surface area contributed by atoms with Gasteiger partial charge in [0, 0.05) is 11.8 Å². The minimum Gasteiger partial charge on any atom is -0.490 e. The zero-order valence-electron chi connectivity index (χ0n) is 15.0. The Kier molecular flexibility index (Phi) is 6.48. The van der Waals surface area contributed by atoms with Crippen molar-refractivity contribution in [3.63, 3.8) is 0 Å². The van der Waals surface area contributed by atoms with E-state index >= 15 is 0 Å². The van der Waals surface area contributed by atoms with Crippen molar-refractivity contribution < 1.29 is 24.4 Å². The molecule has 2 N–H and O–H groups in total. The Hall–Kier alpha value is -3.42. The molecule has 0 aliphatic rings. The maximum Gasteiger partial charge on any atom is 0.310 e. The smallest absolute Gasteiger partial charge is 0.310 e. The predicted molar refractivity (Wildman–Crippen MR) is 99.1 cm³/mol. The van der Waals surface area contributed by atoms with Crippen LogP contribution in [0.5, 0.6) is 5.75 Å². The van der Waals surface area contributed by atoms with Gasteiger partial charge in [-0.15, -0.1) is 0 Å². The number of anilines is 1. The Balaban J connectivity index is 2.01. The van der Waals surface area contributed by atoms with Crippen LogP contribution in [0.15, 0.2) is 42.5 Å². The van der Waals surface area contributed by atoms with Crippen LogP contribution in [0, 0.1) is 10.1 Å². The first-order valence-electron chi connectivity index (χ1n) is 8.23. The molecule has 1 atom stereocenters. The van der Waals surface area contributed by atoms with Gasteiger partial charge in [0.1, 0.15) is 0 Å². The Morgan fingerprint density at radius 2 is 1.89 bits per heavy atom. The molecule has 0 radical (unpaired) electrons. The number of ether oxygens (including phenoxy) is 1. The van der Waals surface area contributed by atoms with Crippen molar-refractivity contribution >= 4 is 23.3 Å². The predicted octanol–water partition coefficient (Wildman–Crippen LogP) is 3.36. The van der Waals surface area contributed by atoms with E-state index in [4.69, 9.17) is 9.84 Å². The maximum absolute atomic E-state index is 12.2. The number of carbonyl (C=O) groups excluding carboxylic acids is 1. The highest BCUT2D eigenvalue weighted by molar-refractivity contribution is 5.92. The molecule has 0 aliphatic heterocycles. The second kappa shape index (κ2) is 8.79. The van der Waals surface area contributed by atoms with Gasteiger partial charge >= 0.3 is 11.7 Å². The molecule has 0 saturated carbocycles. The topological polar surface area (TPSA) is 119 Å². The summed E-state index contributed by atoms with van der Waals surface area (Å²) in [5.74, 6) is -1.17. The molecule has 0 bridgehead atoms. The van der Waals surface area contributed by atoms with E-state index in [-0.39, 0.29) is 36.1 Å². The lowest BCUT2D eigenvalue weighted by molar-refractivity contribution is -0.385. The lowest BCUT2D eigenvalue weighted by Crippen LogP contribution is -2.14. The Morgan fingerprint density at radius 3 is 2.44 bits per heavy atom. The lowest BCUT2D eigenvalue weighted by atomic mass is 9.98. The van der Waals surface area contributed by atoms with Crippen LogP contribution in [0.1, 0.15) is 30.4 Å². The number of carbonyl (C=O) groups is 2. The van der Waals surface area contributed by atoms with Crippen LogP contribution < -0.4 is 10.1 Å². The molecule has 0 saturated heterocycles. The highest BCUT2D eigenvalue weighted by Gasteiger charge is 2.16. The maximum atomic E-state index is 12.2. The number of hydrogen-bond donors (Lipinski definition) is 2. The largest absolute Gasteiger partial charge is 0.490 e. The van der Waals surface area contributed by atoms with Crippen molar-refractivity contribution in [1.82, 2.24) is 0 Å². The first-order valence-corrected chi connectivity index (χ1v) is 8.23. The molecule has 2 aromatic rings. The van der Waals surface area contributed by atoms with Crippen molar-refractivity contribution in [2.24, 2.45) is 0 Å². The fourth-order valence-corrected chi connectivity index (χ4v) is 2.65. The highest BCUT2D eigenvalue weighted by Crippen LogP contribution is 2.28. The van der Waals surface area contributed by atoms with Gasteiger partial charge in [-0.05, 0) is 35.2 Å². The van der Waals surface area contributed by atoms with Crippen molar-refractivity contribution in [3.05, 3.63) is 63.7 Å². The normalized spacial score (nSPS) is 11.5. The number of nitrogens with one attached hydrogen (secondary N) is 1. The third-order valence-corrected chi connectivity index (χ3v) is 4.05. The first kappa shape index (κ1) is 19.9. The van der Waals surface area contributed by atoms with Gasteiger partial charge in [0.25, 0.3) is 0 Å². The quantitative estimate of drug-likeness (QED) is 0.542. The number of nitro benzene ring substituents is 1. The fraction of sp³-hybridized carbons (Fsp3) is 0.263. The van der Waals surface area contributed by atoms with Crippen LogP contribution in [0.4, 0.5) is 11.4 Å². The molecule has 0 spiro atoms. The minimum absolute atomic E-state index is 0.0333. The van der Waals surface area contributed by atoms with Crippen LogP contribution in [-0.2, 0) is 16.0 Å². The van der Waals surface area contributed by atoms with E-state index in [1.165, 1.54) is 25.3 Å². The van der Waals surface area contributed by atoms with Crippen LogP contribution in [0.3, 0.4) is 0 Å². The molecule has 0 heterocycles. The van der Waals surface area contributed by atoms with E-state index in [0.717, 1.165) is 5.56 Å². The third-order valence-electron chi connectivity index (χ3n) is 4.05. The second-order valence-electron chi connectivity index (χ2n) is 6.11. The molecular weight excluding hydrogens is 352 g/mol. The van der Waals surface area contributed by atoms with Gasteiger partial charge < -0.3 is 15.2 Å². The van der Waals surface area contributed by atoms with Crippen molar-refractivity contribution in [1.29, 1.82) is 0 Å². The van der Waals surface area contributed by atoms with Crippen molar-refractivity contribution in [3.8, 4) is 5.75 Å². The average Bonchev–Trinajstić information content (AvgIpc) is 2.61. The molecule has 0 aliphatic carbocycles. The van der Waals surface area contributed by atoms with E-state index in [0.29, 0.717) is 11.3 Å². The summed E-state index contributed by atoms with van der Waals surface area (Å²) in [7, 11) is 1.33. The van der Waals surface area contributed by atoms with E-state index in [1.807, 2.05) is 6.92 Å². The summed E-state index contributed by atoms with van der Waals surface area (Å²) < 4.78 is 4.99. The van der Waals surface area contributed by atoms with Crippen LogP contribution in [-0.4, -0.2) is 29.0 Å². The van der Waals surface area contributed by atoms with Crippen molar-refractivity contribution in [2.45, 2.75) is 25.7 Å². The van der Waals surface area contributed by atoms with E-state index in [2.05, 4.69) is 5.32 Å². The SMILES string of the molecule is COc1cc(CC(=O)Nc2ccc(C(C)CC(=O)O)cc2)ccc1[N+](=O)[O-].